The van der Waals surface area contributed by atoms with Crippen LogP contribution in [-0.2, 0) is 4.79 Å². The van der Waals surface area contributed by atoms with Gasteiger partial charge in [-0.1, -0.05) is 31.0 Å². The molecule has 1 amide bonds. The Morgan fingerprint density at radius 3 is 2.70 bits per heavy atom. The predicted molar refractivity (Wildman–Crippen MR) is 157 cm³/mol. The molecular formula is C29H23ClF3N7O2S. The van der Waals surface area contributed by atoms with Gasteiger partial charge in [-0.25, -0.2) is 14.1 Å². The van der Waals surface area contributed by atoms with Gasteiger partial charge in [-0.2, -0.15) is 13.9 Å². The van der Waals surface area contributed by atoms with Crippen LogP contribution in [0, 0.1) is 11.7 Å². The fourth-order valence-electron chi connectivity index (χ4n) is 5.24. The van der Waals surface area contributed by atoms with Crippen molar-refractivity contribution in [3.63, 3.8) is 0 Å². The number of hydrogen-bond acceptors (Lipinski definition) is 7. The van der Waals surface area contributed by atoms with Crippen LogP contribution in [0.2, 0.25) is 5.02 Å². The first kappa shape index (κ1) is 28.7. The van der Waals surface area contributed by atoms with Gasteiger partial charge in [0.15, 0.2) is 5.82 Å². The van der Waals surface area contributed by atoms with Gasteiger partial charge in [-0.05, 0) is 31.0 Å². The van der Waals surface area contributed by atoms with Crippen LogP contribution in [-0.4, -0.2) is 35.2 Å². The highest BCUT2D eigenvalue weighted by Crippen LogP contribution is 2.38. The van der Waals surface area contributed by atoms with Crippen molar-refractivity contribution in [3.05, 3.63) is 87.6 Å². The summed E-state index contributed by atoms with van der Waals surface area (Å²) in [6.45, 7) is -1.22. The monoisotopic (exact) mass is 625 g/mol. The average molecular weight is 626 g/mol. The number of carbonyl (C=O) groups excluding carboxylic acids is 1. The Morgan fingerprint density at radius 1 is 1.12 bits per heavy atom. The van der Waals surface area contributed by atoms with Gasteiger partial charge in [0, 0.05) is 41.1 Å². The van der Waals surface area contributed by atoms with Crippen molar-refractivity contribution in [1.29, 1.82) is 0 Å². The number of benzene rings is 1. The Labute approximate surface area is 252 Å². The van der Waals surface area contributed by atoms with Crippen molar-refractivity contribution in [3.8, 4) is 33.0 Å². The molecule has 0 unspecified atom stereocenters. The van der Waals surface area contributed by atoms with Gasteiger partial charge < -0.3 is 5.32 Å². The average Bonchev–Trinajstić information content (AvgIpc) is 3.67. The SMILES string of the molecule is C[C@@H]1CCC[C@H](n2cnc(-c3c(-c4cncs4)ccc(Cl)c3F)cc2=O)c2cc(ccn2)-c2c(cnn2C(F)F)NC1=O. The number of aromatic nitrogens is 6. The molecule has 0 fully saturated rings. The highest BCUT2D eigenvalue weighted by atomic mass is 35.5. The van der Waals surface area contributed by atoms with Crippen LogP contribution < -0.4 is 10.9 Å². The van der Waals surface area contributed by atoms with E-state index < -0.39 is 29.9 Å². The Kier molecular flexibility index (Phi) is 7.84. The number of carbonyl (C=O) groups is 1. The van der Waals surface area contributed by atoms with Crippen molar-refractivity contribution in [2.24, 2.45) is 5.92 Å². The molecular weight excluding hydrogens is 603 g/mol. The lowest BCUT2D eigenvalue weighted by Crippen LogP contribution is -2.27. The summed E-state index contributed by atoms with van der Waals surface area (Å²) < 4.78 is 45.1. The summed E-state index contributed by atoms with van der Waals surface area (Å²) in [4.78, 5) is 40.2. The fourth-order valence-corrected chi connectivity index (χ4v) is 6.05. The third kappa shape index (κ3) is 5.45. The Morgan fingerprint density at radius 2 is 1.95 bits per heavy atom. The van der Waals surface area contributed by atoms with Crippen molar-refractivity contribution in [1.82, 2.24) is 29.3 Å². The van der Waals surface area contributed by atoms with E-state index in [1.54, 1.807) is 30.8 Å². The molecule has 0 spiro atoms. The van der Waals surface area contributed by atoms with Crippen molar-refractivity contribution in [2.75, 3.05) is 5.32 Å². The topological polar surface area (TPSA) is 108 Å². The molecule has 5 heterocycles. The summed E-state index contributed by atoms with van der Waals surface area (Å²) in [6.07, 6.45) is 6.97. The van der Waals surface area contributed by atoms with Gasteiger partial charge in [0.2, 0.25) is 5.91 Å². The van der Waals surface area contributed by atoms with Crippen molar-refractivity contribution < 1.29 is 18.0 Å². The van der Waals surface area contributed by atoms with E-state index in [1.165, 1.54) is 52.8 Å². The summed E-state index contributed by atoms with van der Waals surface area (Å²) in [6, 6.07) is 6.81. The normalized spacial score (nSPS) is 17.2. The zero-order valence-electron chi connectivity index (χ0n) is 22.5. The molecule has 43 heavy (non-hydrogen) atoms. The largest absolute Gasteiger partial charge is 0.333 e. The predicted octanol–water partition coefficient (Wildman–Crippen LogP) is 6.83. The molecule has 6 rings (SSSR count). The summed E-state index contributed by atoms with van der Waals surface area (Å²) in [5.74, 6) is -1.48. The maximum absolute atomic E-state index is 15.4. The van der Waals surface area contributed by atoms with Crippen LogP contribution in [0.5, 0.6) is 0 Å². The van der Waals surface area contributed by atoms with Gasteiger partial charge in [0.1, 0.15) is 0 Å². The number of hydrogen-bond donors (Lipinski definition) is 1. The third-order valence-corrected chi connectivity index (χ3v) is 8.52. The molecule has 4 aromatic heterocycles. The number of rotatable bonds is 4. The molecule has 1 N–H and O–H groups in total. The van der Waals surface area contributed by atoms with Crippen LogP contribution in [0.25, 0.3) is 33.0 Å². The van der Waals surface area contributed by atoms with Gasteiger partial charge in [0.25, 0.3) is 5.56 Å². The highest BCUT2D eigenvalue weighted by molar-refractivity contribution is 7.13. The minimum atomic E-state index is -2.96. The number of thiazole rings is 1. The molecule has 9 nitrogen and oxygen atoms in total. The molecule has 0 radical (unpaired) electrons. The van der Waals surface area contributed by atoms with Gasteiger partial charge >= 0.3 is 6.55 Å². The minimum Gasteiger partial charge on any atom is -0.323 e. The molecule has 1 aliphatic rings. The number of pyridine rings is 1. The van der Waals surface area contributed by atoms with E-state index in [2.05, 4.69) is 25.4 Å². The van der Waals surface area contributed by atoms with E-state index in [-0.39, 0.29) is 33.6 Å². The third-order valence-electron chi connectivity index (χ3n) is 7.42. The summed E-state index contributed by atoms with van der Waals surface area (Å²) >= 11 is 7.41. The Bertz CT molecular complexity index is 1880. The van der Waals surface area contributed by atoms with Crippen LogP contribution in [0.3, 0.4) is 0 Å². The van der Waals surface area contributed by atoms with Crippen LogP contribution in [0.4, 0.5) is 18.9 Å². The summed E-state index contributed by atoms with van der Waals surface area (Å²) in [7, 11) is 0. The van der Waals surface area contributed by atoms with E-state index in [9.17, 15) is 18.4 Å². The summed E-state index contributed by atoms with van der Waals surface area (Å²) in [5, 5.41) is 6.40. The maximum Gasteiger partial charge on any atom is 0.333 e. The molecule has 1 aromatic carbocycles. The standard InChI is InChI=1S/C29H23ClF3N7O2S/c1-15-3-2-4-22(19-9-16(7-8-35-19)27-21(38-28(15)42)11-37-40(27)29(32)33)39-13-36-20(10-24(39)41)25-17(23-12-34-14-43-23)5-6-18(30)26(25)31/h5-15,22,29H,2-4H2,1H3,(H,38,42)/t15-,22+/m1/s1. The van der Waals surface area contributed by atoms with E-state index in [4.69, 9.17) is 11.6 Å². The van der Waals surface area contributed by atoms with Crippen LogP contribution in [0.1, 0.15) is 44.5 Å². The van der Waals surface area contributed by atoms with E-state index >= 15 is 4.39 Å². The first-order valence-corrected chi connectivity index (χ1v) is 14.6. The molecule has 14 heteroatoms. The van der Waals surface area contributed by atoms with Gasteiger partial charge in [0.05, 0.1) is 56.7 Å². The molecule has 220 valence electrons. The quantitative estimate of drug-likeness (QED) is 0.235. The number of fused-ring (bicyclic) bond motifs is 4. The zero-order chi connectivity index (χ0) is 30.2. The van der Waals surface area contributed by atoms with Crippen molar-refractivity contribution >= 4 is 34.5 Å². The van der Waals surface area contributed by atoms with Gasteiger partial charge in [-0.3, -0.25) is 24.1 Å². The molecule has 5 aromatic rings. The highest BCUT2D eigenvalue weighted by Gasteiger charge is 2.26. The number of anilines is 1. The van der Waals surface area contributed by atoms with E-state index in [0.717, 1.165) is 0 Å². The molecule has 2 bridgehead atoms. The second kappa shape index (κ2) is 11.7. The molecule has 0 aliphatic carbocycles. The molecule has 0 saturated carbocycles. The van der Waals surface area contributed by atoms with Crippen molar-refractivity contribution in [2.45, 2.75) is 38.8 Å². The molecule has 1 aliphatic heterocycles. The smallest absolute Gasteiger partial charge is 0.323 e. The van der Waals surface area contributed by atoms with Crippen LogP contribution in [0.15, 0.2) is 65.6 Å². The number of alkyl halides is 2. The number of nitrogens with zero attached hydrogens (tertiary/aromatic N) is 6. The second-order valence-corrected chi connectivity index (χ2v) is 11.4. The molecule has 2 atom stereocenters. The zero-order valence-corrected chi connectivity index (χ0v) is 24.1. The number of amides is 1. The minimum absolute atomic E-state index is 0.0198. The van der Waals surface area contributed by atoms with Crippen LogP contribution >= 0.6 is 22.9 Å². The Balaban J connectivity index is 1.47. The lowest BCUT2D eigenvalue weighted by molar-refractivity contribution is -0.119. The first-order valence-electron chi connectivity index (χ1n) is 13.3. The Hall–Kier alpha value is -4.36. The fraction of sp³-hybridized carbons (Fsp3) is 0.241. The molecule has 0 saturated heterocycles. The number of halogens is 4. The van der Waals surface area contributed by atoms with E-state index in [1.807, 2.05) is 0 Å². The second-order valence-electron chi connectivity index (χ2n) is 10.1. The van der Waals surface area contributed by atoms with E-state index in [0.29, 0.717) is 45.6 Å². The summed E-state index contributed by atoms with van der Waals surface area (Å²) in [5.41, 5.74) is 2.74. The van der Waals surface area contributed by atoms with Gasteiger partial charge in [-0.15, -0.1) is 11.3 Å². The number of nitrogens with one attached hydrogen (secondary N) is 1. The first-order chi connectivity index (χ1) is 20.7. The maximum atomic E-state index is 15.4. The lowest BCUT2D eigenvalue weighted by atomic mass is 9.97. The lowest BCUT2D eigenvalue weighted by Gasteiger charge is -2.22.